The van der Waals surface area contributed by atoms with Crippen LogP contribution in [0.1, 0.15) is 19.4 Å². The van der Waals surface area contributed by atoms with Crippen LogP contribution in [0.4, 0.5) is 8.78 Å². The highest BCUT2D eigenvalue weighted by atomic mass is 19.2. The number of hydrogen-bond donors (Lipinski definition) is 0. The van der Waals surface area contributed by atoms with E-state index in [1.807, 2.05) is 17.9 Å². The van der Waals surface area contributed by atoms with Crippen LogP contribution >= 0.6 is 0 Å². The number of ketones is 1. The Hall–Kier alpha value is -2.19. The molecule has 2 rings (SSSR count). The molecule has 1 atom stereocenters. The largest absolute Gasteiger partial charge is 0.360 e. The first-order chi connectivity index (χ1) is 9.92. The molecule has 1 aliphatic heterocycles. The minimum atomic E-state index is -0.871. The summed E-state index contributed by atoms with van der Waals surface area (Å²) >= 11 is 0. The summed E-state index contributed by atoms with van der Waals surface area (Å²) in [4.78, 5) is 13.6. The molecule has 1 heterocycles. The van der Waals surface area contributed by atoms with Crippen molar-refractivity contribution in [2.45, 2.75) is 20.4 Å². The summed E-state index contributed by atoms with van der Waals surface area (Å²) in [5, 5.41) is 0. The Bertz CT molecular complexity index is 657. The third-order valence-corrected chi connectivity index (χ3v) is 3.44. The van der Waals surface area contributed by atoms with E-state index in [0.717, 1.165) is 6.07 Å². The Morgan fingerprint density at radius 3 is 2.71 bits per heavy atom. The lowest BCUT2D eigenvalue weighted by atomic mass is 9.95. The number of nitrogens with zero attached hydrogens (tertiary/aromatic N) is 1. The van der Waals surface area contributed by atoms with Gasteiger partial charge in [0.1, 0.15) is 0 Å². The molecule has 0 amide bonds. The predicted molar refractivity (Wildman–Crippen MR) is 77.3 cm³/mol. The number of allylic oxidation sites excluding steroid dienone is 1. The number of carbonyl (C=O) groups is 1. The van der Waals surface area contributed by atoms with E-state index in [0.29, 0.717) is 29.9 Å². The smallest absolute Gasteiger partial charge is 0.162 e. The topological polar surface area (TPSA) is 20.3 Å². The quantitative estimate of drug-likeness (QED) is 0.792. The monoisotopic (exact) mass is 289 g/mol. The van der Waals surface area contributed by atoms with Crippen LogP contribution in [0.5, 0.6) is 0 Å². The second kappa shape index (κ2) is 6.06. The molecule has 21 heavy (non-hydrogen) atoms. The fourth-order valence-electron chi connectivity index (χ4n) is 2.52. The number of carbonyl (C=O) groups excluding carboxylic acids is 1. The van der Waals surface area contributed by atoms with E-state index in [2.05, 4.69) is 12.3 Å². The van der Waals surface area contributed by atoms with Gasteiger partial charge in [-0.05, 0) is 30.5 Å². The van der Waals surface area contributed by atoms with E-state index in [4.69, 9.17) is 0 Å². The summed E-state index contributed by atoms with van der Waals surface area (Å²) in [7, 11) is 0. The van der Waals surface area contributed by atoms with Gasteiger partial charge in [0.15, 0.2) is 17.4 Å². The molecule has 0 aliphatic carbocycles. The fraction of sp³-hybridized carbons (Fsp3) is 0.294. The van der Waals surface area contributed by atoms with E-state index in [1.54, 1.807) is 0 Å². The molecule has 0 N–H and O–H groups in total. The van der Waals surface area contributed by atoms with Crippen LogP contribution in [0.25, 0.3) is 0 Å². The van der Waals surface area contributed by atoms with Crippen LogP contribution in [0.3, 0.4) is 0 Å². The molecular formula is C17H17F2NO. The Morgan fingerprint density at radius 1 is 1.43 bits per heavy atom. The number of benzene rings is 1. The second-order valence-corrected chi connectivity index (χ2v) is 5.27. The van der Waals surface area contributed by atoms with Gasteiger partial charge in [-0.2, -0.15) is 0 Å². The average Bonchev–Trinajstić information content (AvgIpc) is 2.42. The van der Waals surface area contributed by atoms with Crippen molar-refractivity contribution in [3.05, 3.63) is 65.1 Å². The fourth-order valence-corrected chi connectivity index (χ4v) is 2.52. The van der Waals surface area contributed by atoms with Gasteiger partial charge in [0.2, 0.25) is 0 Å². The molecule has 0 saturated heterocycles. The molecular weight excluding hydrogens is 272 g/mol. The van der Waals surface area contributed by atoms with E-state index in [1.165, 1.54) is 19.1 Å². The maximum absolute atomic E-state index is 13.3. The molecule has 0 fully saturated rings. The molecule has 0 saturated carbocycles. The Labute approximate surface area is 123 Å². The molecule has 1 aromatic carbocycles. The predicted octanol–water partition coefficient (Wildman–Crippen LogP) is 3.60. The van der Waals surface area contributed by atoms with Crippen molar-refractivity contribution in [2.24, 2.45) is 5.92 Å². The van der Waals surface area contributed by atoms with Crippen LogP contribution in [0.2, 0.25) is 0 Å². The molecule has 110 valence electrons. The zero-order chi connectivity index (χ0) is 15.6. The number of halogens is 2. The maximum Gasteiger partial charge on any atom is 0.162 e. The Balaban J connectivity index is 2.31. The molecule has 0 aromatic heterocycles. The van der Waals surface area contributed by atoms with E-state index < -0.39 is 11.6 Å². The third kappa shape index (κ3) is 3.29. The summed E-state index contributed by atoms with van der Waals surface area (Å²) < 4.78 is 26.3. The Kier molecular flexibility index (Phi) is 4.39. The molecule has 4 heteroatoms. The minimum Gasteiger partial charge on any atom is -0.360 e. The van der Waals surface area contributed by atoms with Crippen LogP contribution in [-0.2, 0) is 11.3 Å². The highest BCUT2D eigenvalue weighted by Crippen LogP contribution is 2.26. The van der Waals surface area contributed by atoms with Crippen LogP contribution in [0, 0.1) is 17.6 Å². The van der Waals surface area contributed by atoms with Gasteiger partial charge < -0.3 is 4.90 Å². The summed E-state index contributed by atoms with van der Waals surface area (Å²) in [5.41, 5.74) is 4.62. The lowest BCUT2D eigenvalue weighted by Crippen LogP contribution is -2.33. The summed E-state index contributed by atoms with van der Waals surface area (Å²) in [5.74, 6) is -1.60. The van der Waals surface area contributed by atoms with Crippen molar-refractivity contribution < 1.29 is 13.6 Å². The van der Waals surface area contributed by atoms with Crippen LogP contribution < -0.4 is 0 Å². The van der Waals surface area contributed by atoms with E-state index in [-0.39, 0.29) is 11.7 Å². The summed E-state index contributed by atoms with van der Waals surface area (Å²) in [6.45, 7) is 8.19. The first kappa shape index (κ1) is 15.2. The third-order valence-electron chi connectivity index (χ3n) is 3.44. The molecule has 1 unspecified atom stereocenters. The first-order valence-corrected chi connectivity index (χ1v) is 6.74. The van der Waals surface area contributed by atoms with Crippen LogP contribution in [0.15, 0.2) is 47.9 Å². The van der Waals surface area contributed by atoms with Gasteiger partial charge in [0.25, 0.3) is 0 Å². The minimum absolute atomic E-state index is 0.0528. The maximum atomic E-state index is 13.3. The van der Waals surface area contributed by atoms with Crippen molar-refractivity contribution in [3.8, 4) is 0 Å². The normalized spacial score (nSPS) is 18.3. The molecule has 0 spiro atoms. The molecule has 0 radical (unpaired) electrons. The highest BCUT2D eigenvalue weighted by Gasteiger charge is 2.24. The van der Waals surface area contributed by atoms with Gasteiger partial charge in [-0.25, -0.2) is 8.78 Å². The van der Waals surface area contributed by atoms with Crippen LogP contribution in [-0.4, -0.2) is 17.2 Å². The second-order valence-electron chi connectivity index (χ2n) is 5.27. The summed E-state index contributed by atoms with van der Waals surface area (Å²) in [6.07, 6.45) is 1.90. The highest BCUT2D eigenvalue weighted by molar-refractivity contribution is 5.97. The van der Waals surface area contributed by atoms with Gasteiger partial charge in [-0.1, -0.05) is 25.6 Å². The number of hydrogen-bond acceptors (Lipinski definition) is 2. The summed E-state index contributed by atoms with van der Waals surface area (Å²) in [6, 6.07) is 3.82. The number of Topliss-reactive ketones (excluding diaryl/α,β-unsaturated/α-hetero) is 1. The van der Waals surface area contributed by atoms with Gasteiger partial charge in [-0.15, -0.1) is 5.73 Å². The standard InChI is InChI=1S/C17H17F2NO/c1-4-17-14(12(3)21)7-11(2)9-20(17)10-13-5-6-15(18)16(19)8-13/h5-8,11H,1,9-10H2,2-3H3. The van der Waals surface area contributed by atoms with Gasteiger partial charge >= 0.3 is 0 Å². The van der Waals surface area contributed by atoms with Crippen molar-refractivity contribution in [2.75, 3.05) is 6.54 Å². The Morgan fingerprint density at radius 2 is 2.14 bits per heavy atom. The van der Waals surface area contributed by atoms with Crippen molar-refractivity contribution in [3.63, 3.8) is 0 Å². The van der Waals surface area contributed by atoms with E-state index in [9.17, 15) is 13.6 Å². The van der Waals surface area contributed by atoms with E-state index >= 15 is 0 Å². The van der Waals surface area contributed by atoms with Gasteiger partial charge in [-0.3, -0.25) is 4.79 Å². The molecule has 1 aromatic rings. The SMILES string of the molecule is C=C=C1C(C(C)=O)=CC(C)CN1Cc1ccc(F)c(F)c1. The first-order valence-electron chi connectivity index (χ1n) is 6.74. The van der Waals surface area contributed by atoms with Crippen molar-refractivity contribution in [1.82, 2.24) is 4.90 Å². The lowest BCUT2D eigenvalue weighted by molar-refractivity contribution is -0.113. The molecule has 0 bridgehead atoms. The molecule has 1 aliphatic rings. The number of rotatable bonds is 3. The zero-order valence-electron chi connectivity index (χ0n) is 12.1. The van der Waals surface area contributed by atoms with Crippen molar-refractivity contribution >= 4 is 5.78 Å². The zero-order valence-corrected chi connectivity index (χ0v) is 12.1. The van der Waals surface area contributed by atoms with Gasteiger partial charge in [0.05, 0.1) is 5.70 Å². The lowest BCUT2D eigenvalue weighted by Gasteiger charge is -2.33. The van der Waals surface area contributed by atoms with Crippen molar-refractivity contribution in [1.29, 1.82) is 0 Å². The molecule has 2 nitrogen and oxygen atoms in total. The van der Waals surface area contributed by atoms with Gasteiger partial charge in [0, 0.05) is 18.7 Å². The average molecular weight is 289 g/mol.